The first-order valence-electron chi connectivity index (χ1n) is 6.16. The minimum Gasteiger partial charge on any atom is -0.341 e. The van der Waals surface area contributed by atoms with Crippen LogP contribution in [0.15, 0.2) is 12.1 Å². The predicted octanol–water partition coefficient (Wildman–Crippen LogP) is 3.34. The average molecular weight is 233 g/mol. The molecule has 17 heavy (non-hydrogen) atoms. The first kappa shape index (κ1) is 13.8. The van der Waals surface area contributed by atoms with Gasteiger partial charge in [0.25, 0.3) is 5.91 Å². The summed E-state index contributed by atoms with van der Waals surface area (Å²) in [6, 6.07) is 4.15. The molecule has 2 nitrogen and oxygen atoms in total. The largest absolute Gasteiger partial charge is 0.341 e. The summed E-state index contributed by atoms with van der Waals surface area (Å²) in [6.07, 6.45) is 0. The Balaban J connectivity index is 3.04. The monoisotopic (exact) mass is 233 g/mol. The van der Waals surface area contributed by atoms with Gasteiger partial charge in [-0.05, 0) is 37.8 Å². The smallest absolute Gasteiger partial charge is 0.254 e. The number of carbonyl (C=O) groups excluding carboxylic acids is 1. The molecule has 0 aliphatic carbocycles. The molecule has 0 unspecified atom stereocenters. The predicted molar refractivity (Wildman–Crippen MR) is 72.5 cm³/mol. The molecular weight excluding hydrogens is 210 g/mol. The third-order valence-electron chi connectivity index (χ3n) is 2.88. The standard InChI is InChI=1S/C15H23NO/c1-10(2)9-16(6)15(17)14-12(4)7-11(3)8-13(14)5/h7-8,10H,9H2,1-6H3. The molecule has 94 valence electrons. The first-order chi connectivity index (χ1) is 7.82. The summed E-state index contributed by atoms with van der Waals surface area (Å²) in [5, 5.41) is 0. The maximum atomic E-state index is 12.4. The lowest BCUT2D eigenvalue weighted by atomic mass is 9.98. The van der Waals surface area contributed by atoms with Crippen molar-refractivity contribution in [1.82, 2.24) is 4.90 Å². The number of rotatable bonds is 3. The molecule has 2 heteroatoms. The van der Waals surface area contributed by atoms with E-state index in [0.29, 0.717) is 5.92 Å². The number of benzene rings is 1. The highest BCUT2D eigenvalue weighted by Crippen LogP contribution is 2.18. The molecule has 1 aromatic rings. The molecule has 1 aromatic carbocycles. The number of carbonyl (C=O) groups is 1. The SMILES string of the molecule is Cc1cc(C)c(C(=O)N(C)CC(C)C)c(C)c1. The maximum Gasteiger partial charge on any atom is 0.254 e. The second-order valence-corrected chi connectivity index (χ2v) is 5.35. The molecule has 0 fully saturated rings. The number of hydrogen-bond donors (Lipinski definition) is 0. The van der Waals surface area contributed by atoms with Crippen LogP contribution in [0.1, 0.15) is 40.9 Å². The lowest BCUT2D eigenvalue weighted by molar-refractivity contribution is 0.0777. The summed E-state index contributed by atoms with van der Waals surface area (Å²) >= 11 is 0. The highest BCUT2D eigenvalue weighted by molar-refractivity contribution is 5.97. The van der Waals surface area contributed by atoms with Gasteiger partial charge in [-0.15, -0.1) is 0 Å². The summed E-state index contributed by atoms with van der Waals surface area (Å²) in [6.45, 7) is 11.1. The van der Waals surface area contributed by atoms with Crippen molar-refractivity contribution in [2.24, 2.45) is 5.92 Å². The van der Waals surface area contributed by atoms with Crippen molar-refractivity contribution in [2.45, 2.75) is 34.6 Å². The van der Waals surface area contributed by atoms with E-state index in [-0.39, 0.29) is 5.91 Å². The lowest BCUT2D eigenvalue weighted by Crippen LogP contribution is -2.31. The summed E-state index contributed by atoms with van der Waals surface area (Å²) in [4.78, 5) is 14.2. The van der Waals surface area contributed by atoms with Crippen molar-refractivity contribution >= 4 is 5.91 Å². The van der Waals surface area contributed by atoms with Gasteiger partial charge in [0.1, 0.15) is 0 Å². The molecule has 0 atom stereocenters. The van der Waals surface area contributed by atoms with Crippen molar-refractivity contribution in [3.8, 4) is 0 Å². The normalized spacial score (nSPS) is 10.8. The van der Waals surface area contributed by atoms with Crippen LogP contribution in [0.5, 0.6) is 0 Å². The Morgan fingerprint density at radius 3 is 2.06 bits per heavy atom. The fourth-order valence-electron chi connectivity index (χ4n) is 2.34. The number of amides is 1. The average Bonchev–Trinajstić information content (AvgIpc) is 2.14. The van der Waals surface area contributed by atoms with E-state index in [4.69, 9.17) is 0 Å². The van der Waals surface area contributed by atoms with Crippen LogP contribution in [0.2, 0.25) is 0 Å². The molecule has 0 N–H and O–H groups in total. The minimum atomic E-state index is 0.133. The highest BCUT2D eigenvalue weighted by Gasteiger charge is 2.17. The number of nitrogens with zero attached hydrogens (tertiary/aromatic N) is 1. The fraction of sp³-hybridized carbons (Fsp3) is 0.533. The maximum absolute atomic E-state index is 12.4. The van der Waals surface area contributed by atoms with Crippen LogP contribution in [-0.4, -0.2) is 24.4 Å². The van der Waals surface area contributed by atoms with Crippen molar-refractivity contribution < 1.29 is 4.79 Å². The Bertz CT molecular complexity index is 398. The van der Waals surface area contributed by atoms with E-state index < -0.39 is 0 Å². The van der Waals surface area contributed by atoms with Gasteiger partial charge in [-0.2, -0.15) is 0 Å². The molecule has 1 amide bonds. The van der Waals surface area contributed by atoms with Gasteiger partial charge in [0, 0.05) is 19.2 Å². The summed E-state index contributed by atoms with van der Waals surface area (Å²) in [5.41, 5.74) is 4.22. The molecule has 0 saturated carbocycles. The Morgan fingerprint density at radius 1 is 1.18 bits per heavy atom. The van der Waals surface area contributed by atoms with Gasteiger partial charge >= 0.3 is 0 Å². The Morgan fingerprint density at radius 2 is 1.65 bits per heavy atom. The Hall–Kier alpha value is -1.31. The molecule has 0 bridgehead atoms. The fourth-order valence-corrected chi connectivity index (χ4v) is 2.34. The van der Waals surface area contributed by atoms with E-state index in [2.05, 4.69) is 32.9 Å². The zero-order valence-electron chi connectivity index (χ0n) is 11.8. The van der Waals surface area contributed by atoms with E-state index in [0.717, 1.165) is 23.2 Å². The summed E-state index contributed by atoms with van der Waals surface area (Å²) < 4.78 is 0. The summed E-state index contributed by atoms with van der Waals surface area (Å²) in [7, 11) is 1.88. The second kappa shape index (κ2) is 5.35. The summed E-state index contributed by atoms with van der Waals surface area (Å²) in [5.74, 6) is 0.628. The van der Waals surface area contributed by atoms with Crippen LogP contribution in [0, 0.1) is 26.7 Å². The van der Waals surface area contributed by atoms with Crippen LogP contribution < -0.4 is 0 Å². The van der Waals surface area contributed by atoms with E-state index >= 15 is 0 Å². The zero-order valence-corrected chi connectivity index (χ0v) is 11.8. The molecule has 0 spiro atoms. The molecule has 1 rings (SSSR count). The molecule has 0 radical (unpaired) electrons. The molecule has 0 aromatic heterocycles. The first-order valence-corrected chi connectivity index (χ1v) is 6.16. The molecular formula is C15H23NO. The Labute approximate surface area is 105 Å². The van der Waals surface area contributed by atoms with E-state index in [1.165, 1.54) is 5.56 Å². The molecule has 0 heterocycles. The third kappa shape index (κ3) is 3.32. The van der Waals surface area contributed by atoms with Crippen LogP contribution in [0.4, 0.5) is 0 Å². The quantitative estimate of drug-likeness (QED) is 0.784. The van der Waals surface area contributed by atoms with Gasteiger partial charge in [0.2, 0.25) is 0 Å². The van der Waals surface area contributed by atoms with Gasteiger partial charge in [-0.1, -0.05) is 31.5 Å². The van der Waals surface area contributed by atoms with Crippen molar-refractivity contribution in [3.05, 3.63) is 34.4 Å². The zero-order chi connectivity index (χ0) is 13.2. The van der Waals surface area contributed by atoms with Crippen LogP contribution in [-0.2, 0) is 0 Å². The van der Waals surface area contributed by atoms with Crippen LogP contribution in [0.3, 0.4) is 0 Å². The van der Waals surface area contributed by atoms with Gasteiger partial charge in [-0.25, -0.2) is 0 Å². The van der Waals surface area contributed by atoms with E-state index in [1.54, 1.807) is 0 Å². The van der Waals surface area contributed by atoms with Crippen LogP contribution >= 0.6 is 0 Å². The van der Waals surface area contributed by atoms with E-state index in [1.807, 2.05) is 25.8 Å². The highest BCUT2D eigenvalue weighted by atomic mass is 16.2. The third-order valence-corrected chi connectivity index (χ3v) is 2.88. The minimum absolute atomic E-state index is 0.133. The Kier molecular flexibility index (Phi) is 4.33. The van der Waals surface area contributed by atoms with Gasteiger partial charge < -0.3 is 4.90 Å². The van der Waals surface area contributed by atoms with Gasteiger partial charge in [-0.3, -0.25) is 4.79 Å². The van der Waals surface area contributed by atoms with Crippen molar-refractivity contribution in [3.63, 3.8) is 0 Å². The second-order valence-electron chi connectivity index (χ2n) is 5.35. The van der Waals surface area contributed by atoms with Gasteiger partial charge in [0.15, 0.2) is 0 Å². The van der Waals surface area contributed by atoms with Crippen LogP contribution in [0.25, 0.3) is 0 Å². The van der Waals surface area contributed by atoms with Crippen molar-refractivity contribution in [2.75, 3.05) is 13.6 Å². The molecule has 0 saturated heterocycles. The topological polar surface area (TPSA) is 20.3 Å². The molecule has 0 aliphatic heterocycles. The van der Waals surface area contributed by atoms with Crippen molar-refractivity contribution in [1.29, 1.82) is 0 Å². The number of hydrogen-bond acceptors (Lipinski definition) is 1. The van der Waals surface area contributed by atoms with E-state index in [9.17, 15) is 4.79 Å². The number of aryl methyl sites for hydroxylation is 3. The lowest BCUT2D eigenvalue weighted by Gasteiger charge is -2.21. The van der Waals surface area contributed by atoms with Gasteiger partial charge in [0.05, 0.1) is 0 Å². The molecule has 0 aliphatic rings.